The summed E-state index contributed by atoms with van der Waals surface area (Å²) in [5.74, 6) is 0.863. The SMILES string of the molecule is CC(C)CCNC(=O)c1ccccc1SCC(=O)N(C)C. The van der Waals surface area contributed by atoms with E-state index in [0.717, 1.165) is 11.3 Å². The summed E-state index contributed by atoms with van der Waals surface area (Å²) in [5.41, 5.74) is 0.637. The van der Waals surface area contributed by atoms with Crippen LogP contribution in [0.25, 0.3) is 0 Å². The molecule has 1 rings (SSSR count). The Kier molecular flexibility index (Phi) is 7.29. The first-order chi connectivity index (χ1) is 9.91. The Hall–Kier alpha value is -1.49. The molecule has 2 amide bonds. The van der Waals surface area contributed by atoms with Gasteiger partial charge in [0.15, 0.2) is 0 Å². The van der Waals surface area contributed by atoms with Crippen molar-refractivity contribution >= 4 is 23.6 Å². The molecule has 1 aromatic rings. The second-order valence-electron chi connectivity index (χ2n) is 5.51. The van der Waals surface area contributed by atoms with Crippen LogP contribution in [0.1, 0.15) is 30.6 Å². The summed E-state index contributed by atoms with van der Waals surface area (Å²) >= 11 is 1.40. The van der Waals surface area contributed by atoms with Gasteiger partial charge < -0.3 is 10.2 Å². The summed E-state index contributed by atoms with van der Waals surface area (Å²) < 4.78 is 0. The lowest BCUT2D eigenvalue weighted by Gasteiger charge is -2.12. The number of thioether (sulfide) groups is 1. The third-order valence-electron chi connectivity index (χ3n) is 2.99. The van der Waals surface area contributed by atoms with Gasteiger partial charge in [0.25, 0.3) is 5.91 Å². The summed E-state index contributed by atoms with van der Waals surface area (Å²) in [5, 5.41) is 2.93. The minimum Gasteiger partial charge on any atom is -0.352 e. The van der Waals surface area contributed by atoms with Crippen molar-refractivity contribution in [2.75, 3.05) is 26.4 Å². The van der Waals surface area contributed by atoms with Crippen LogP contribution in [0.5, 0.6) is 0 Å². The predicted octanol–water partition coefficient (Wildman–Crippen LogP) is 2.64. The van der Waals surface area contributed by atoms with E-state index in [1.165, 1.54) is 11.8 Å². The smallest absolute Gasteiger partial charge is 0.252 e. The normalized spacial score (nSPS) is 10.5. The van der Waals surface area contributed by atoms with Crippen molar-refractivity contribution in [3.8, 4) is 0 Å². The van der Waals surface area contributed by atoms with Crippen LogP contribution in [0.2, 0.25) is 0 Å². The van der Waals surface area contributed by atoms with Gasteiger partial charge in [-0.25, -0.2) is 0 Å². The zero-order valence-corrected chi connectivity index (χ0v) is 14.0. The van der Waals surface area contributed by atoms with Gasteiger partial charge in [0.05, 0.1) is 11.3 Å². The topological polar surface area (TPSA) is 49.4 Å². The second kappa shape index (κ2) is 8.72. The van der Waals surface area contributed by atoms with Crippen LogP contribution in [0.15, 0.2) is 29.2 Å². The van der Waals surface area contributed by atoms with Crippen molar-refractivity contribution < 1.29 is 9.59 Å². The maximum atomic E-state index is 12.2. The molecular formula is C16H24N2O2S. The summed E-state index contributed by atoms with van der Waals surface area (Å²) in [7, 11) is 3.46. The largest absolute Gasteiger partial charge is 0.352 e. The number of hydrogen-bond acceptors (Lipinski definition) is 3. The van der Waals surface area contributed by atoms with Crippen molar-refractivity contribution in [3.05, 3.63) is 29.8 Å². The van der Waals surface area contributed by atoms with E-state index in [0.29, 0.717) is 23.8 Å². The van der Waals surface area contributed by atoms with Gasteiger partial charge in [-0.15, -0.1) is 11.8 Å². The molecule has 0 spiro atoms. The highest BCUT2D eigenvalue weighted by atomic mass is 32.2. The molecule has 4 nitrogen and oxygen atoms in total. The van der Waals surface area contributed by atoms with Crippen molar-refractivity contribution in [3.63, 3.8) is 0 Å². The first-order valence-electron chi connectivity index (χ1n) is 7.12. The van der Waals surface area contributed by atoms with E-state index in [4.69, 9.17) is 0 Å². The highest BCUT2D eigenvalue weighted by Crippen LogP contribution is 2.22. The zero-order valence-electron chi connectivity index (χ0n) is 13.2. The van der Waals surface area contributed by atoms with Crippen LogP contribution in [-0.2, 0) is 4.79 Å². The minimum absolute atomic E-state index is 0.0371. The van der Waals surface area contributed by atoms with Crippen LogP contribution in [-0.4, -0.2) is 43.1 Å². The van der Waals surface area contributed by atoms with Gasteiger partial charge in [-0.3, -0.25) is 9.59 Å². The Morgan fingerprint density at radius 3 is 2.52 bits per heavy atom. The quantitative estimate of drug-likeness (QED) is 0.788. The average Bonchev–Trinajstić information content (AvgIpc) is 2.44. The molecule has 0 aliphatic rings. The molecule has 0 atom stereocenters. The number of nitrogens with zero attached hydrogens (tertiary/aromatic N) is 1. The molecule has 21 heavy (non-hydrogen) atoms. The molecular weight excluding hydrogens is 284 g/mol. The number of hydrogen-bond donors (Lipinski definition) is 1. The Bertz CT molecular complexity index is 487. The average molecular weight is 308 g/mol. The van der Waals surface area contributed by atoms with Crippen molar-refractivity contribution in [1.29, 1.82) is 0 Å². The van der Waals surface area contributed by atoms with E-state index < -0.39 is 0 Å². The minimum atomic E-state index is -0.0731. The van der Waals surface area contributed by atoms with Crippen molar-refractivity contribution in [2.24, 2.45) is 5.92 Å². The van der Waals surface area contributed by atoms with Crippen molar-refractivity contribution in [2.45, 2.75) is 25.2 Å². The Balaban J connectivity index is 2.65. The predicted molar refractivity (Wildman–Crippen MR) is 87.6 cm³/mol. The standard InChI is InChI=1S/C16H24N2O2S/c1-12(2)9-10-17-16(20)13-7-5-6-8-14(13)21-11-15(19)18(3)4/h5-8,12H,9-11H2,1-4H3,(H,17,20). The van der Waals surface area contributed by atoms with Gasteiger partial charge in [0.2, 0.25) is 5.91 Å². The monoisotopic (exact) mass is 308 g/mol. The maximum absolute atomic E-state index is 12.2. The molecule has 0 radical (unpaired) electrons. The molecule has 0 aliphatic heterocycles. The molecule has 0 saturated carbocycles. The third-order valence-corrected chi connectivity index (χ3v) is 4.05. The number of rotatable bonds is 7. The van der Waals surface area contributed by atoms with Gasteiger partial charge >= 0.3 is 0 Å². The van der Waals surface area contributed by atoms with Crippen LogP contribution in [0, 0.1) is 5.92 Å². The number of nitrogens with one attached hydrogen (secondary N) is 1. The zero-order chi connectivity index (χ0) is 15.8. The molecule has 116 valence electrons. The first kappa shape index (κ1) is 17.6. The maximum Gasteiger partial charge on any atom is 0.252 e. The first-order valence-corrected chi connectivity index (χ1v) is 8.10. The molecule has 0 aromatic heterocycles. The van der Waals surface area contributed by atoms with E-state index in [9.17, 15) is 9.59 Å². The number of carbonyl (C=O) groups excluding carboxylic acids is 2. The molecule has 0 fully saturated rings. The van der Waals surface area contributed by atoms with Crippen LogP contribution >= 0.6 is 11.8 Å². The molecule has 5 heteroatoms. The number of amides is 2. The lowest BCUT2D eigenvalue weighted by Crippen LogP contribution is -2.26. The fourth-order valence-electron chi connectivity index (χ4n) is 1.62. The number of benzene rings is 1. The van der Waals surface area contributed by atoms with E-state index in [2.05, 4.69) is 19.2 Å². The summed E-state index contributed by atoms with van der Waals surface area (Å²) in [6, 6.07) is 7.40. The lowest BCUT2D eigenvalue weighted by atomic mass is 10.1. The molecule has 1 N–H and O–H groups in total. The Morgan fingerprint density at radius 1 is 1.24 bits per heavy atom. The highest BCUT2D eigenvalue weighted by molar-refractivity contribution is 8.00. The Labute approximate surface area is 131 Å². The molecule has 0 heterocycles. The third kappa shape index (κ3) is 6.21. The van der Waals surface area contributed by atoms with Gasteiger partial charge in [0.1, 0.15) is 0 Å². The van der Waals surface area contributed by atoms with E-state index in [1.807, 2.05) is 18.2 Å². The van der Waals surface area contributed by atoms with Crippen LogP contribution in [0.3, 0.4) is 0 Å². The van der Waals surface area contributed by atoms with Crippen LogP contribution < -0.4 is 5.32 Å². The van der Waals surface area contributed by atoms with Gasteiger partial charge in [0, 0.05) is 25.5 Å². The van der Waals surface area contributed by atoms with E-state index >= 15 is 0 Å². The van der Waals surface area contributed by atoms with Gasteiger partial charge in [-0.1, -0.05) is 26.0 Å². The van der Waals surface area contributed by atoms with Crippen molar-refractivity contribution in [1.82, 2.24) is 10.2 Å². The molecule has 0 unspecified atom stereocenters. The second-order valence-corrected chi connectivity index (χ2v) is 6.53. The van der Waals surface area contributed by atoms with Crippen LogP contribution in [0.4, 0.5) is 0 Å². The van der Waals surface area contributed by atoms with Gasteiger partial charge in [-0.2, -0.15) is 0 Å². The molecule has 1 aromatic carbocycles. The van der Waals surface area contributed by atoms with Gasteiger partial charge in [-0.05, 0) is 24.5 Å². The molecule has 0 saturated heterocycles. The summed E-state index contributed by atoms with van der Waals surface area (Å²) in [6.45, 7) is 4.93. The van der Waals surface area contributed by atoms with E-state index in [1.54, 1.807) is 25.1 Å². The Morgan fingerprint density at radius 2 is 1.90 bits per heavy atom. The number of carbonyl (C=O) groups is 2. The fourth-order valence-corrected chi connectivity index (χ4v) is 2.65. The highest BCUT2D eigenvalue weighted by Gasteiger charge is 2.13. The molecule has 0 bridgehead atoms. The molecule has 0 aliphatic carbocycles. The van der Waals surface area contributed by atoms with E-state index in [-0.39, 0.29) is 11.8 Å². The summed E-state index contributed by atoms with van der Waals surface area (Å²) in [4.78, 5) is 26.3. The lowest BCUT2D eigenvalue weighted by molar-refractivity contribution is -0.125. The summed E-state index contributed by atoms with van der Waals surface area (Å²) in [6.07, 6.45) is 0.958. The fraction of sp³-hybridized carbons (Fsp3) is 0.500.